The van der Waals surface area contributed by atoms with E-state index in [0.29, 0.717) is 25.3 Å². The maximum Gasteiger partial charge on any atom is 0.171 e. The summed E-state index contributed by atoms with van der Waals surface area (Å²) >= 11 is 0. The van der Waals surface area contributed by atoms with Gasteiger partial charge in [0.25, 0.3) is 0 Å². The Balaban J connectivity index is 1.69. The first-order chi connectivity index (χ1) is 9.86. The molecule has 3 aromatic rings. The van der Waals surface area contributed by atoms with Gasteiger partial charge in [-0.05, 0) is 16.3 Å². The highest BCUT2D eigenvalue weighted by molar-refractivity contribution is 5.85. The summed E-state index contributed by atoms with van der Waals surface area (Å²) in [6, 6.07) is 15.9. The van der Waals surface area contributed by atoms with Gasteiger partial charge in [0.2, 0.25) is 0 Å². The number of carbonyl (C=O) groups excluding carboxylic acids is 1. The second-order valence-electron chi connectivity index (χ2n) is 4.47. The van der Waals surface area contributed by atoms with E-state index in [1.807, 2.05) is 24.3 Å². The van der Waals surface area contributed by atoms with Crippen molar-refractivity contribution in [3.8, 4) is 0 Å². The minimum atomic E-state index is 0.286. The molecule has 0 atom stereocenters. The van der Waals surface area contributed by atoms with Crippen molar-refractivity contribution >= 4 is 17.1 Å². The van der Waals surface area contributed by atoms with Gasteiger partial charge in [0.05, 0.1) is 6.61 Å². The smallest absolute Gasteiger partial charge is 0.171 e. The Morgan fingerprint density at radius 3 is 2.80 bits per heavy atom. The van der Waals surface area contributed by atoms with Crippen LogP contribution in [0.15, 0.2) is 53.1 Å². The molecule has 0 fully saturated rings. The molecule has 4 heteroatoms. The fourth-order valence-corrected chi connectivity index (χ4v) is 2.13. The van der Waals surface area contributed by atoms with Gasteiger partial charge in [-0.3, -0.25) is 4.79 Å². The highest BCUT2D eigenvalue weighted by Crippen LogP contribution is 2.19. The summed E-state index contributed by atoms with van der Waals surface area (Å²) < 4.78 is 10.6. The number of aldehydes is 1. The number of hydrogen-bond donors (Lipinski definition) is 0. The SMILES string of the molecule is O=Cc1cc(COCc2cccc3ccccc23)on1. The number of rotatable bonds is 5. The maximum absolute atomic E-state index is 10.5. The van der Waals surface area contributed by atoms with Gasteiger partial charge in [-0.25, -0.2) is 0 Å². The summed E-state index contributed by atoms with van der Waals surface area (Å²) in [7, 11) is 0. The molecule has 0 radical (unpaired) electrons. The first-order valence-electron chi connectivity index (χ1n) is 6.32. The Morgan fingerprint density at radius 2 is 1.95 bits per heavy atom. The molecule has 0 unspecified atom stereocenters. The lowest BCUT2D eigenvalue weighted by Crippen LogP contribution is -1.94. The molecule has 1 aromatic heterocycles. The van der Waals surface area contributed by atoms with E-state index in [0.717, 1.165) is 5.56 Å². The molecule has 3 rings (SSSR count). The van der Waals surface area contributed by atoms with Crippen LogP contribution in [0.3, 0.4) is 0 Å². The normalized spacial score (nSPS) is 10.8. The zero-order valence-corrected chi connectivity index (χ0v) is 10.8. The molecule has 0 N–H and O–H groups in total. The molecule has 0 aliphatic rings. The number of hydrogen-bond acceptors (Lipinski definition) is 4. The van der Waals surface area contributed by atoms with Gasteiger partial charge in [-0.1, -0.05) is 47.6 Å². The van der Waals surface area contributed by atoms with E-state index in [9.17, 15) is 4.79 Å². The van der Waals surface area contributed by atoms with Crippen molar-refractivity contribution in [3.05, 3.63) is 65.5 Å². The molecule has 0 aliphatic heterocycles. The molecule has 0 aliphatic carbocycles. The van der Waals surface area contributed by atoms with Gasteiger partial charge < -0.3 is 9.26 Å². The van der Waals surface area contributed by atoms with Crippen molar-refractivity contribution < 1.29 is 14.1 Å². The summed E-state index contributed by atoms with van der Waals surface area (Å²) in [5, 5.41) is 5.96. The number of nitrogens with zero attached hydrogens (tertiary/aromatic N) is 1. The van der Waals surface area contributed by atoms with Gasteiger partial charge >= 0.3 is 0 Å². The standard InChI is InChI=1S/C16H13NO3/c18-9-14-8-15(20-17-14)11-19-10-13-6-3-5-12-4-1-2-7-16(12)13/h1-9H,10-11H2. The lowest BCUT2D eigenvalue weighted by atomic mass is 10.1. The molecule has 0 amide bonds. The monoisotopic (exact) mass is 267 g/mol. The molecular weight excluding hydrogens is 254 g/mol. The van der Waals surface area contributed by atoms with Gasteiger partial charge in [0.1, 0.15) is 12.3 Å². The van der Waals surface area contributed by atoms with E-state index < -0.39 is 0 Å². The van der Waals surface area contributed by atoms with Crippen molar-refractivity contribution in [2.45, 2.75) is 13.2 Å². The minimum Gasteiger partial charge on any atom is -0.369 e. The Bertz CT molecular complexity index is 728. The molecule has 20 heavy (non-hydrogen) atoms. The van der Waals surface area contributed by atoms with Gasteiger partial charge in [-0.2, -0.15) is 0 Å². The first kappa shape index (κ1) is 12.6. The average Bonchev–Trinajstić information content (AvgIpc) is 2.95. The number of fused-ring (bicyclic) bond motifs is 1. The summed E-state index contributed by atoms with van der Waals surface area (Å²) in [6.45, 7) is 0.780. The van der Waals surface area contributed by atoms with Crippen molar-refractivity contribution in [2.75, 3.05) is 0 Å². The molecule has 0 spiro atoms. The summed E-state index contributed by atoms with van der Waals surface area (Å²) in [4.78, 5) is 10.5. The molecule has 0 bridgehead atoms. The highest BCUT2D eigenvalue weighted by atomic mass is 16.5. The van der Waals surface area contributed by atoms with E-state index in [1.54, 1.807) is 6.07 Å². The molecule has 2 aromatic carbocycles. The van der Waals surface area contributed by atoms with Crippen LogP contribution < -0.4 is 0 Å². The Hall–Kier alpha value is -2.46. The molecule has 100 valence electrons. The largest absolute Gasteiger partial charge is 0.369 e. The van der Waals surface area contributed by atoms with Gasteiger partial charge in [-0.15, -0.1) is 0 Å². The molecule has 0 saturated heterocycles. The number of ether oxygens (including phenoxy) is 1. The number of carbonyl (C=O) groups is 1. The lowest BCUT2D eigenvalue weighted by Gasteiger charge is -2.06. The Kier molecular flexibility index (Phi) is 3.56. The Labute approximate surface area is 116 Å². The topological polar surface area (TPSA) is 52.3 Å². The third kappa shape index (κ3) is 2.60. The van der Waals surface area contributed by atoms with Gasteiger partial charge in [0, 0.05) is 6.07 Å². The van der Waals surface area contributed by atoms with E-state index >= 15 is 0 Å². The van der Waals surface area contributed by atoms with Crippen molar-refractivity contribution in [2.24, 2.45) is 0 Å². The van der Waals surface area contributed by atoms with E-state index in [-0.39, 0.29) is 5.69 Å². The van der Waals surface area contributed by atoms with Crippen LogP contribution in [-0.2, 0) is 18.0 Å². The van der Waals surface area contributed by atoms with E-state index in [1.165, 1.54) is 10.8 Å². The third-order valence-electron chi connectivity index (χ3n) is 3.08. The van der Waals surface area contributed by atoms with Crippen LogP contribution in [0.4, 0.5) is 0 Å². The van der Waals surface area contributed by atoms with Gasteiger partial charge in [0.15, 0.2) is 12.0 Å². The van der Waals surface area contributed by atoms with Crippen LogP contribution >= 0.6 is 0 Å². The fourth-order valence-electron chi connectivity index (χ4n) is 2.13. The number of aromatic nitrogens is 1. The predicted octanol–water partition coefficient (Wildman–Crippen LogP) is 3.36. The second kappa shape index (κ2) is 5.67. The zero-order valence-electron chi connectivity index (χ0n) is 10.8. The van der Waals surface area contributed by atoms with Crippen LogP contribution in [0.25, 0.3) is 10.8 Å². The van der Waals surface area contributed by atoms with Crippen molar-refractivity contribution in [3.63, 3.8) is 0 Å². The molecule has 1 heterocycles. The third-order valence-corrected chi connectivity index (χ3v) is 3.08. The van der Waals surface area contributed by atoms with Crippen LogP contribution in [0, 0.1) is 0 Å². The summed E-state index contributed by atoms with van der Waals surface area (Å²) in [5.41, 5.74) is 1.41. The molecule has 4 nitrogen and oxygen atoms in total. The number of benzene rings is 2. The molecular formula is C16H13NO3. The van der Waals surface area contributed by atoms with Crippen LogP contribution in [0.5, 0.6) is 0 Å². The minimum absolute atomic E-state index is 0.286. The van der Waals surface area contributed by atoms with E-state index in [2.05, 4.69) is 23.4 Å². The lowest BCUT2D eigenvalue weighted by molar-refractivity contribution is 0.0889. The second-order valence-corrected chi connectivity index (χ2v) is 4.47. The molecule has 0 saturated carbocycles. The van der Waals surface area contributed by atoms with Crippen LogP contribution in [0.1, 0.15) is 21.8 Å². The van der Waals surface area contributed by atoms with Crippen molar-refractivity contribution in [1.29, 1.82) is 0 Å². The van der Waals surface area contributed by atoms with Crippen LogP contribution in [-0.4, -0.2) is 11.4 Å². The van der Waals surface area contributed by atoms with Crippen LogP contribution in [0.2, 0.25) is 0 Å². The quantitative estimate of drug-likeness (QED) is 0.665. The predicted molar refractivity (Wildman–Crippen MR) is 74.3 cm³/mol. The Morgan fingerprint density at radius 1 is 1.10 bits per heavy atom. The highest BCUT2D eigenvalue weighted by Gasteiger charge is 2.04. The first-order valence-corrected chi connectivity index (χ1v) is 6.32. The summed E-state index contributed by atoms with van der Waals surface area (Å²) in [6.07, 6.45) is 0.650. The zero-order chi connectivity index (χ0) is 13.8. The maximum atomic E-state index is 10.5. The van der Waals surface area contributed by atoms with Crippen molar-refractivity contribution in [1.82, 2.24) is 5.16 Å². The van der Waals surface area contributed by atoms with E-state index in [4.69, 9.17) is 9.26 Å². The fraction of sp³-hybridized carbons (Fsp3) is 0.125. The summed E-state index contributed by atoms with van der Waals surface area (Å²) in [5.74, 6) is 0.548. The average molecular weight is 267 g/mol.